The Kier molecular flexibility index (Phi) is 2.99. The van der Waals surface area contributed by atoms with E-state index in [9.17, 15) is 12.8 Å². The number of nitrogen functional groups attached to an aromatic ring is 1. The quantitative estimate of drug-likeness (QED) is 0.862. The van der Waals surface area contributed by atoms with Gasteiger partial charge in [0.2, 0.25) is 10.0 Å². The van der Waals surface area contributed by atoms with E-state index in [4.69, 9.17) is 5.73 Å². The van der Waals surface area contributed by atoms with Gasteiger partial charge in [-0.05, 0) is 29.3 Å². The lowest BCUT2D eigenvalue weighted by Gasteiger charge is -2.16. The van der Waals surface area contributed by atoms with Gasteiger partial charge in [-0.25, -0.2) is 12.8 Å². The molecule has 1 aliphatic rings. The van der Waals surface area contributed by atoms with Gasteiger partial charge in [0.05, 0.1) is 10.6 Å². The summed E-state index contributed by atoms with van der Waals surface area (Å²) in [5, 5.41) is 0. The Hall–Kier alpha value is -1.92. The highest BCUT2D eigenvalue weighted by Gasteiger charge is 2.30. The number of anilines is 1. The van der Waals surface area contributed by atoms with Crippen LogP contribution >= 0.6 is 0 Å². The smallest absolute Gasteiger partial charge is 0.243 e. The second-order valence-electron chi connectivity index (χ2n) is 4.73. The Labute approximate surface area is 116 Å². The predicted octanol–water partition coefficient (Wildman–Crippen LogP) is 2.11. The molecule has 0 atom stereocenters. The maximum Gasteiger partial charge on any atom is 0.243 e. The van der Waals surface area contributed by atoms with E-state index in [2.05, 4.69) is 0 Å². The Morgan fingerprint density at radius 1 is 1.05 bits per heavy atom. The van der Waals surface area contributed by atoms with Crippen molar-refractivity contribution in [1.82, 2.24) is 4.31 Å². The summed E-state index contributed by atoms with van der Waals surface area (Å²) in [5.41, 5.74) is 7.26. The minimum atomic E-state index is -3.66. The van der Waals surface area contributed by atoms with Crippen molar-refractivity contribution in [2.24, 2.45) is 0 Å². The molecule has 0 unspecified atom stereocenters. The number of hydrogen-bond acceptors (Lipinski definition) is 3. The Bertz CT molecular complexity index is 749. The molecule has 0 amide bonds. The zero-order chi connectivity index (χ0) is 14.3. The maximum atomic E-state index is 13.1. The van der Waals surface area contributed by atoms with Gasteiger partial charge in [0.25, 0.3) is 0 Å². The molecule has 0 aliphatic carbocycles. The van der Waals surface area contributed by atoms with Gasteiger partial charge in [0.1, 0.15) is 5.82 Å². The molecule has 20 heavy (non-hydrogen) atoms. The first-order valence-electron chi connectivity index (χ1n) is 6.10. The molecular formula is C14H13FN2O2S. The van der Waals surface area contributed by atoms with Crippen LogP contribution in [0.1, 0.15) is 11.1 Å². The van der Waals surface area contributed by atoms with Crippen LogP contribution in [0.25, 0.3) is 0 Å². The van der Waals surface area contributed by atoms with E-state index in [1.807, 2.05) is 24.3 Å². The van der Waals surface area contributed by atoms with Crippen molar-refractivity contribution >= 4 is 15.7 Å². The van der Waals surface area contributed by atoms with Crippen LogP contribution in [0.2, 0.25) is 0 Å². The summed E-state index contributed by atoms with van der Waals surface area (Å²) in [4.78, 5) is 0.0178. The summed E-state index contributed by atoms with van der Waals surface area (Å²) < 4.78 is 39.5. The third kappa shape index (κ3) is 2.07. The Morgan fingerprint density at radius 3 is 2.20 bits per heavy atom. The zero-order valence-electron chi connectivity index (χ0n) is 10.6. The fourth-order valence-electron chi connectivity index (χ4n) is 2.30. The van der Waals surface area contributed by atoms with E-state index in [1.54, 1.807) is 0 Å². The first kappa shape index (κ1) is 13.1. The molecule has 2 aromatic carbocycles. The third-order valence-corrected chi connectivity index (χ3v) is 5.20. The fraction of sp³-hybridized carbons (Fsp3) is 0.143. The molecule has 0 saturated heterocycles. The highest BCUT2D eigenvalue weighted by Crippen LogP contribution is 2.29. The standard InChI is InChI=1S/C14H13FN2O2S/c15-13-6-5-12(7-14(13)16)20(18,19)17-8-10-3-1-2-4-11(10)9-17/h1-7H,8-9,16H2. The van der Waals surface area contributed by atoms with E-state index in [0.717, 1.165) is 23.3 Å². The Morgan fingerprint density at radius 2 is 1.65 bits per heavy atom. The lowest BCUT2D eigenvalue weighted by Crippen LogP contribution is -2.25. The topological polar surface area (TPSA) is 63.4 Å². The van der Waals surface area contributed by atoms with Gasteiger partial charge < -0.3 is 5.73 Å². The second-order valence-corrected chi connectivity index (χ2v) is 6.66. The van der Waals surface area contributed by atoms with E-state index < -0.39 is 15.8 Å². The molecule has 0 fully saturated rings. The van der Waals surface area contributed by atoms with Crippen LogP contribution in [-0.2, 0) is 23.1 Å². The molecule has 0 radical (unpaired) electrons. The molecule has 0 saturated carbocycles. The zero-order valence-corrected chi connectivity index (χ0v) is 11.4. The molecule has 1 aliphatic heterocycles. The van der Waals surface area contributed by atoms with Crippen LogP contribution in [0.5, 0.6) is 0 Å². The average Bonchev–Trinajstić information content (AvgIpc) is 2.86. The van der Waals surface area contributed by atoms with Crippen LogP contribution in [0.4, 0.5) is 10.1 Å². The summed E-state index contributed by atoms with van der Waals surface area (Å²) in [5.74, 6) is -0.617. The number of hydrogen-bond donors (Lipinski definition) is 1. The number of halogens is 1. The van der Waals surface area contributed by atoms with Gasteiger partial charge in [0, 0.05) is 13.1 Å². The minimum Gasteiger partial charge on any atom is -0.396 e. The van der Waals surface area contributed by atoms with Crippen molar-refractivity contribution in [1.29, 1.82) is 0 Å². The first-order valence-corrected chi connectivity index (χ1v) is 7.54. The third-order valence-electron chi connectivity index (χ3n) is 3.42. The largest absolute Gasteiger partial charge is 0.396 e. The SMILES string of the molecule is Nc1cc(S(=O)(=O)N2Cc3ccccc3C2)ccc1F. The van der Waals surface area contributed by atoms with Crippen LogP contribution in [0, 0.1) is 5.82 Å². The van der Waals surface area contributed by atoms with Gasteiger partial charge in [0.15, 0.2) is 0 Å². The molecule has 2 aromatic rings. The summed E-state index contributed by atoms with van der Waals surface area (Å²) in [6.45, 7) is 0.658. The summed E-state index contributed by atoms with van der Waals surface area (Å²) in [6.07, 6.45) is 0. The summed E-state index contributed by atoms with van der Waals surface area (Å²) >= 11 is 0. The Balaban J connectivity index is 1.96. The number of fused-ring (bicyclic) bond motifs is 1. The molecule has 4 nitrogen and oxygen atoms in total. The summed E-state index contributed by atoms with van der Waals surface area (Å²) in [6, 6.07) is 11.0. The number of benzene rings is 2. The molecule has 104 valence electrons. The predicted molar refractivity (Wildman–Crippen MR) is 73.7 cm³/mol. The van der Waals surface area contributed by atoms with Crippen LogP contribution in [-0.4, -0.2) is 12.7 Å². The monoisotopic (exact) mass is 292 g/mol. The minimum absolute atomic E-state index is 0.0178. The lowest BCUT2D eigenvalue weighted by atomic mass is 10.1. The maximum absolute atomic E-state index is 13.1. The van der Waals surface area contributed by atoms with Crippen molar-refractivity contribution in [3.8, 4) is 0 Å². The highest BCUT2D eigenvalue weighted by atomic mass is 32.2. The molecule has 0 aromatic heterocycles. The molecule has 6 heteroatoms. The molecule has 2 N–H and O–H groups in total. The van der Waals surface area contributed by atoms with E-state index >= 15 is 0 Å². The summed E-state index contributed by atoms with van der Waals surface area (Å²) in [7, 11) is -3.66. The fourth-order valence-corrected chi connectivity index (χ4v) is 3.74. The first-order chi connectivity index (χ1) is 9.48. The highest BCUT2D eigenvalue weighted by molar-refractivity contribution is 7.89. The van der Waals surface area contributed by atoms with Crippen LogP contribution in [0.3, 0.4) is 0 Å². The second kappa shape index (κ2) is 4.57. The van der Waals surface area contributed by atoms with E-state index in [0.29, 0.717) is 13.1 Å². The van der Waals surface area contributed by atoms with Crippen molar-refractivity contribution in [3.63, 3.8) is 0 Å². The van der Waals surface area contributed by atoms with E-state index in [-0.39, 0.29) is 10.6 Å². The van der Waals surface area contributed by atoms with Gasteiger partial charge in [-0.15, -0.1) is 0 Å². The van der Waals surface area contributed by atoms with Crippen molar-refractivity contribution < 1.29 is 12.8 Å². The van der Waals surface area contributed by atoms with Crippen LogP contribution in [0.15, 0.2) is 47.4 Å². The van der Waals surface area contributed by atoms with Gasteiger partial charge in [-0.1, -0.05) is 24.3 Å². The van der Waals surface area contributed by atoms with Crippen molar-refractivity contribution in [2.45, 2.75) is 18.0 Å². The number of nitrogens with two attached hydrogens (primary N) is 1. The molecule has 0 bridgehead atoms. The van der Waals surface area contributed by atoms with Gasteiger partial charge in [-0.3, -0.25) is 0 Å². The van der Waals surface area contributed by atoms with Gasteiger partial charge in [-0.2, -0.15) is 4.31 Å². The van der Waals surface area contributed by atoms with E-state index in [1.165, 1.54) is 10.4 Å². The number of nitrogens with zero attached hydrogens (tertiary/aromatic N) is 1. The molecule has 3 rings (SSSR count). The average molecular weight is 292 g/mol. The molecular weight excluding hydrogens is 279 g/mol. The van der Waals surface area contributed by atoms with Gasteiger partial charge >= 0.3 is 0 Å². The normalized spacial score (nSPS) is 15.2. The van der Waals surface area contributed by atoms with Crippen molar-refractivity contribution in [2.75, 3.05) is 5.73 Å². The van der Waals surface area contributed by atoms with Crippen molar-refractivity contribution in [3.05, 3.63) is 59.4 Å². The molecule has 1 heterocycles. The van der Waals surface area contributed by atoms with Crippen LogP contribution < -0.4 is 5.73 Å². The number of sulfonamides is 1. The molecule has 0 spiro atoms. The lowest BCUT2D eigenvalue weighted by molar-refractivity contribution is 0.431. The number of rotatable bonds is 2.